The van der Waals surface area contributed by atoms with Crippen molar-refractivity contribution in [2.75, 3.05) is 6.54 Å². The second-order valence-corrected chi connectivity index (χ2v) is 5.31. The predicted molar refractivity (Wildman–Crippen MR) is 75.7 cm³/mol. The number of hydrogen-bond donors (Lipinski definition) is 2. The zero-order valence-corrected chi connectivity index (χ0v) is 11.8. The molecular formula is C15H16N2O4. The number of aromatic nitrogens is 1. The van der Waals surface area contributed by atoms with Gasteiger partial charge in [0.1, 0.15) is 5.69 Å². The zero-order valence-electron chi connectivity index (χ0n) is 11.8. The maximum absolute atomic E-state index is 11.9. The third-order valence-electron chi connectivity index (χ3n) is 3.07. The van der Waals surface area contributed by atoms with Crippen molar-refractivity contribution in [3.05, 3.63) is 42.2 Å². The minimum Gasteiger partial charge on any atom is -0.481 e. The highest BCUT2D eigenvalue weighted by atomic mass is 16.5. The molecule has 0 bridgehead atoms. The summed E-state index contributed by atoms with van der Waals surface area (Å²) in [5.41, 5.74) is 0.349. The van der Waals surface area contributed by atoms with Crippen LogP contribution >= 0.6 is 0 Å². The lowest BCUT2D eigenvalue weighted by Crippen LogP contribution is -2.38. The Bertz CT molecular complexity index is 647. The molecule has 0 fully saturated rings. The third-order valence-corrected chi connectivity index (χ3v) is 3.07. The van der Waals surface area contributed by atoms with Crippen LogP contribution in [0, 0.1) is 5.41 Å². The van der Waals surface area contributed by atoms with E-state index in [1.54, 1.807) is 0 Å². The molecule has 6 heteroatoms. The lowest BCUT2D eigenvalue weighted by atomic mass is 9.94. The van der Waals surface area contributed by atoms with Crippen LogP contribution in [0.4, 0.5) is 0 Å². The van der Waals surface area contributed by atoms with Crippen molar-refractivity contribution >= 4 is 11.9 Å². The van der Waals surface area contributed by atoms with E-state index in [1.807, 2.05) is 30.3 Å². The number of amides is 1. The van der Waals surface area contributed by atoms with Crippen molar-refractivity contribution in [3.63, 3.8) is 0 Å². The molecule has 110 valence electrons. The van der Waals surface area contributed by atoms with Crippen molar-refractivity contribution in [2.24, 2.45) is 5.41 Å². The molecule has 0 saturated heterocycles. The van der Waals surface area contributed by atoms with Gasteiger partial charge in [0.25, 0.3) is 5.91 Å². The van der Waals surface area contributed by atoms with E-state index in [0.29, 0.717) is 5.69 Å². The highest BCUT2D eigenvalue weighted by molar-refractivity contribution is 5.92. The van der Waals surface area contributed by atoms with Crippen LogP contribution in [0.1, 0.15) is 24.4 Å². The number of carbonyl (C=O) groups excluding carboxylic acids is 1. The van der Waals surface area contributed by atoms with E-state index in [4.69, 9.17) is 9.63 Å². The Morgan fingerprint density at radius 2 is 1.95 bits per heavy atom. The van der Waals surface area contributed by atoms with Gasteiger partial charge in [0.15, 0.2) is 0 Å². The van der Waals surface area contributed by atoms with Gasteiger partial charge in [-0.1, -0.05) is 35.5 Å². The summed E-state index contributed by atoms with van der Waals surface area (Å²) in [6.45, 7) is 3.07. The van der Waals surface area contributed by atoms with Crippen LogP contribution in [0.2, 0.25) is 0 Å². The fourth-order valence-corrected chi connectivity index (χ4v) is 1.59. The lowest BCUT2D eigenvalue weighted by Gasteiger charge is -2.18. The van der Waals surface area contributed by atoms with E-state index in [0.717, 1.165) is 5.56 Å². The molecule has 2 rings (SSSR count). The van der Waals surface area contributed by atoms with Crippen LogP contribution in [0.5, 0.6) is 0 Å². The molecule has 0 radical (unpaired) electrons. The molecule has 1 amide bonds. The Kier molecular flexibility index (Phi) is 4.07. The summed E-state index contributed by atoms with van der Waals surface area (Å²) in [7, 11) is 0. The largest absolute Gasteiger partial charge is 0.481 e. The molecule has 1 heterocycles. The molecule has 0 unspecified atom stereocenters. The molecule has 1 aromatic carbocycles. The summed E-state index contributed by atoms with van der Waals surface area (Å²) in [5.74, 6) is -1.42. The van der Waals surface area contributed by atoms with Gasteiger partial charge < -0.3 is 14.9 Å². The smallest absolute Gasteiger partial charge is 0.310 e. The van der Waals surface area contributed by atoms with Crippen molar-refractivity contribution in [1.82, 2.24) is 10.5 Å². The monoisotopic (exact) mass is 288 g/mol. The third kappa shape index (κ3) is 3.47. The van der Waals surface area contributed by atoms with Gasteiger partial charge >= 0.3 is 5.97 Å². The van der Waals surface area contributed by atoms with Gasteiger partial charge in [-0.2, -0.15) is 0 Å². The quantitative estimate of drug-likeness (QED) is 0.879. The van der Waals surface area contributed by atoms with Crippen LogP contribution in [-0.4, -0.2) is 28.7 Å². The Morgan fingerprint density at radius 1 is 1.29 bits per heavy atom. The topological polar surface area (TPSA) is 92.4 Å². The SMILES string of the molecule is CC(C)(CNC(=O)c1cc(-c2ccccc2)no1)C(=O)O. The molecule has 2 aromatic rings. The molecule has 0 aliphatic heterocycles. The average Bonchev–Trinajstić information content (AvgIpc) is 2.95. The van der Waals surface area contributed by atoms with Crippen molar-refractivity contribution < 1.29 is 19.2 Å². The fourth-order valence-electron chi connectivity index (χ4n) is 1.59. The highest BCUT2D eigenvalue weighted by Gasteiger charge is 2.28. The van der Waals surface area contributed by atoms with E-state index in [-0.39, 0.29) is 12.3 Å². The van der Waals surface area contributed by atoms with Crippen LogP contribution in [0.25, 0.3) is 11.3 Å². The Balaban J connectivity index is 2.05. The van der Waals surface area contributed by atoms with Crippen LogP contribution in [0.15, 0.2) is 40.9 Å². The summed E-state index contributed by atoms with van der Waals surface area (Å²) in [5, 5.41) is 15.4. The van der Waals surface area contributed by atoms with Gasteiger partial charge in [0.2, 0.25) is 5.76 Å². The first-order chi connectivity index (χ1) is 9.90. The lowest BCUT2D eigenvalue weighted by molar-refractivity contribution is -0.146. The predicted octanol–water partition coefficient (Wildman–Crippen LogP) is 2.18. The van der Waals surface area contributed by atoms with Crippen LogP contribution in [-0.2, 0) is 4.79 Å². The summed E-state index contributed by atoms with van der Waals surface area (Å²) < 4.78 is 5.00. The summed E-state index contributed by atoms with van der Waals surface area (Å²) in [6, 6.07) is 10.8. The number of aliphatic carboxylic acids is 1. The molecule has 0 aliphatic rings. The summed E-state index contributed by atoms with van der Waals surface area (Å²) in [6.07, 6.45) is 0. The van der Waals surface area contributed by atoms with Crippen molar-refractivity contribution in [3.8, 4) is 11.3 Å². The fraction of sp³-hybridized carbons (Fsp3) is 0.267. The first-order valence-corrected chi connectivity index (χ1v) is 6.44. The molecule has 0 atom stereocenters. The normalized spacial score (nSPS) is 11.1. The zero-order chi connectivity index (χ0) is 15.5. The highest BCUT2D eigenvalue weighted by Crippen LogP contribution is 2.19. The average molecular weight is 288 g/mol. The minimum atomic E-state index is -1.04. The standard InChI is InChI=1S/C15H16N2O4/c1-15(2,14(19)20)9-16-13(18)12-8-11(17-21-12)10-6-4-3-5-7-10/h3-8H,9H2,1-2H3,(H,16,18)(H,19,20). The molecule has 2 N–H and O–H groups in total. The second kappa shape index (κ2) is 5.78. The van der Waals surface area contributed by atoms with E-state index in [1.165, 1.54) is 19.9 Å². The van der Waals surface area contributed by atoms with E-state index in [2.05, 4.69) is 10.5 Å². The van der Waals surface area contributed by atoms with Crippen LogP contribution < -0.4 is 5.32 Å². The number of rotatable bonds is 5. The Morgan fingerprint density at radius 3 is 2.57 bits per heavy atom. The number of nitrogens with zero attached hydrogens (tertiary/aromatic N) is 1. The molecular weight excluding hydrogens is 272 g/mol. The van der Waals surface area contributed by atoms with Gasteiger partial charge in [0.05, 0.1) is 5.41 Å². The summed E-state index contributed by atoms with van der Waals surface area (Å²) in [4.78, 5) is 22.9. The first-order valence-electron chi connectivity index (χ1n) is 6.44. The van der Waals surface area contributed by atoms with Crippen molar-refractivity contribution in [2.45, 2.75) is 13.8 Å². The van der Waals surface area contributed by atoms with E-state index < -0.39 is 17.3 Å². The number of hydrogen-bond acceptors (Lipinski definition) is 4. The maximum Gasteiger partial charge on any atom is 0.310 e. The summed E-state index contributed by atoms with van der Waals surface area (Å²) >= 11 is 0. The van der Waals surface area contributed by atoms with E-state index >= 15 is 0 Å². The molecule has 6 nitrogen and oxygen atoms in total. The number of carbonyl (C=O) groups is 2. The Labute approximate surface area is 121 Å². The maximum atomic E-state index is 11.9. The van der Waals surface area contributed by atoms with Gasteiger partial charge in [-0.25, -0.2) is 0 Å². The van der Waals surface area contributed by atoms with Gasteiger partial charge in [-0.15, -0.1) is 0 Å². The number of carboxylic acid groups (broad SMARTS) is 1. The van der Waals surface area contributed by atoms with Crippen molar-refractivity contribution in [1.29, 1.82) is 0 Å². The molecule has 21 heavy (non-hydrogen) atoms. The molecule has 1 aromatic heterocycles. The van der Waals surface area contributed by atoms with Crippen LogP contribution in [0.3, 0.4) is 0 Å². The molecule has 0 saturated carbocycles. The van der Waals surface area contributed by atoms with Gasteiger partial charge in [-0.3, -0.25) is 9.59 Å². The van der Waals surface area contributed by atoms with E-state index in [9.17, 15) is 9.59 Å². The minimum absolute atomic E-state index is 0.00252. The Hall–Kier alpha value is -2.63. The number of benzene rings is 1. The molecule has 0 aliphatic carbocycles. The van der Waals surface area contributed by atoms with Gasteiger partial charge in [0, 0.05) is 18.2 Å². The number of nitrogens with one attached hydrogen (secondary N) is 1. The van der Waals surface area contributed by atoms with Gasteiger partial charge in [-0.05, 0) is 13.8 Å². The second-order valence-electron chi connectivity index (χ2n) is 5.31. The first kappa shape index (κ1) is 14.8. The molecule has 0 spiro atoms. The number of carboxylic acids is 1.